The summed E-state index contributed by atoms with van der Waals surface area (Å²) >= 11 is 0. The Morgan fingerprint density at radius 3 is 2.21 bits per heavy atom. The molecule has 208 valence electrons. The summed E-state index contributed by atoms with van der Waals surface area (Å²) in [5.41, 5.74) is 2.83. The zero-order chi connectivity index (χ0) is 28.6. The van der Waals surface area contributed by atoms with Crippen molar-refractivity contribution in [3.8, 4) is 11.5 Å². The zero-order valence-electron chi connectivity index (χ0n) is 22.9. The van der Waals surface area contributed by atoms with Crippen molar-refractivity contribution in [2.45, 2.75) is 25.9 Å². The van der Waals surface area contributed by atoms with Crippen LogP contribution >= 0.6 is 0 Å². The summed E-state index contributed by atoms with van der Waals surface area (Å²) in [6.07, 6.45) is 1.27. The Hall–Kier alpha value is -4.05. The number of benzene rings is 3. The second-order valence-corrected chi connectivity index (χ2v) is 11.0. The number of methoxy groups -OCH3 is 2. The van der Waals surface area contributed by atoms with Gasteiger partial charge < -0.3 is 19.7 Å². The minimum absolute atomic E-state index is 0.109. The molecule has 0 aliphatic rings. The highest BCUT2D eigenvalue weighted by atomic mass is 32.2. The van der Waals surface area contributed by atoms with Crippen LogP contribution in [0.3, 0.4) is 0 Å². The van der Waals surface area contributed by atoms with Crippen LogP contribution in [0.4, 0.5) is 5.69 Å². The van der Waals surface area contributed by atoms with Crippen LogP contribution in [0.1, 0.15) is 16.7 Å². The fourth-order valence-electron chi connectivity index (χ4n) is 4.31. The number of carbonyl (C=O) groups is 2. The highest BCUT2D eigenvalue weighted by Crippen LogP contribution is 2.34. The molecule has 3 aromatic carbocycles. The van der Waals surface area contributed by atoms with E-state index in [9.17, 15) is 18.0 Å². The number of nitrogens with zero attached hydrogens (tertiary/aromatic N) is 2. The number of likely N-dealkylation sites (N-methyl/N-ethyl adjacent to an activating group) is 1. The van der Waals surface area contributed by atoms with E-state index >= 15 is 0 Å². The second-order valence-electron chi connectivity index (χ2n) is 9.14. The van der Waals surface area contributed by atoms with E-state index in [1.165, 1.54) is 32.2 Å². The normalized spacial score (nSPS) is 11.8. The van der Waals surface area contributed by atoms with Crippen LogP contribution in [0.15, 0.2) is 72.8 Å². The van der Waals surface area contributed by atoms with Gasteiger partial charge in [-0.3, -0.25) is 13.9 Å². The lowest BCUT2D eigenvalue weighted by Crippen LogP contribution is -2.52. The highest BCUT2D eigenvalue weighted by molar-refractivity contribution is 7.92. The molecule has 10 heteroatoms. The number of sulfonamides is 1. The average Bonchev–Trinajstić information content (AvgIpc) is 2.92. The fourth-order valence-corrected chi connectivity index (χ4v) is 5.16. The van der Waals surface area contributed by atoms with Gasteiger partial charge in [-0.2, -0.15) is 0 Å². The van der Waals surface area contributed by atoms with Crippen molar-refractivity contribution >= 4 is 27.5 Å². The maximum Gasteiger partial charge on any atom is 0.244 e. The van der Waals surface area contributed by atoms with E-state index in [-0.39, 0.29) is 30.3 Å². The van der Waals surface area contributed by atoms with Gasteiger partial charge in [0.05, 0.1) is 26.2 Å². The molecule has 0 aliphatic heterocycles. The first-order valence-electron chi connectivity index (χ1n) is 12.4. The molecule has 0 saturated heterocycles. The third kappa shape index (κ3) is 7.73. The largest absolute Gasteiger partial charge is 0.497 e. The Labute approximate surface area is 230 Å². The Bertz CT molecular complexity index is 1400. The fraction of sp³-hybridized carbons (Fsp3) is 0.310. The molecule has 3 rings (SSSR count). The summed E-state index contributed by atoms with van der Waals surface area (Å²) < 4.78 is 37.6. The molecule has 0 fully saturated rings. The molecular formula is C29H35N3O6S. The molecule has 39 heavy (non-hydrogen) atoms. The van der Waals surface area contributed by atoms with Crippen LogP contribution in [0.5, 0.6) is 11.5 Å². The van der Waals surface area contributed by atoms with Gasteiger partial charge in [-0.25, -0.2) is 8.42 Å². The van der Waals surface area contributed by atoms with Gasteiger partial charge in [0, 0.05) is 26.1 Å². The Morgan fingerprint density at radius 2 is 1.62 bits per heavy atom. The minimum Gasteiger partial charge on any atom is -0.497 e. The van der Waals surface area contributed by atoms with Crippen LogP contribution in [0.25, 0.3) is 0 Å². The van der Waals surface area contributed by atoms with Gasteiger partial charge in [0.25, 0.3) is 0 Å². The topological polar surface area (TPSA) is 105 Å². The summed E-state index contributed by atoms with van der Waals surface area (Å²) in [7, 11) is 0.446. The molecule has 0 radical (unpaired) electrons. The molecule has 9 nitrogen and oxygen atoms in total. The van der Waals surface area contributed by atoms with Gasteiger partial charge in [-0.05, 0) is 30.2 Å². The molecule has 0 aliphatic carbocycles. The summed E-state index contributed by atoms with van der Waals surface area (Å²) in [6, 6.07) is 20.8. The van der Waals surface area contributed by atoms with Crippen molar-refractivity contribution in [3.05, 3.63) is 89.5 Å². The number of carbonyl (C=O) groups excluding carboxylic acids is 2. The molecule has 1 N–H and O–H groups in total. The first-order chi connectivity index (χ1) is 18.6. The van der Waals surface area contributed by atoms with Crippen molar-refractivity contribution in [2.75, 3.05) is 38.4 Å². The molecule has 1 atom stereocenters. The molecule has 0 heterocycles. The van der Waals surface area contributed by atoms with Crippen molar-refractivity contribution in [2.24, 2.45) is 0 Å². The smallest absolute Gasteiger partial charge is 0.244 e. The average molecular weight is 554 g/mol. The van der Waals surface area contributed by atoms with Crippen LogP contribution in [0.2, 0.25) is 0 Å². The first-order valence-corrected chi connectivity index (χ1v) is 14.2. The van der Waals surface area contributed by atoms with E-state index < -0.39 is 28.5 Å². The minimum atomic E-state index is -3.94. The number of hydrogen-bond donors (Lipinski definition) is 1. The molecule has 0 unspecified atom stereocenters. The van der Waals surface area contributed by atoms with Crippen molar-refractivity contribution in [3.63, 3.8) is 0 Å². The summed E-state index contributed by atoms with van der Waals surface area (Å²) in [4.78, 5) is 28.7. The Morgan fingerprint density at radius 1 is 0.923 bits per heavy atom. The van der Waals surface area contributed by atoms with Gasteiger partial charge in [-0.15, -0.1) is 0 Å². The van der Waals surface area contributed by atoms with Crippen LogP contribution in [-0.4, -0.2) is 65.2 Å². The molecule has 2 amide bonds. The van der Waals surface area contributed by atoms with Crippen LogP contribution in [0, 0.1) is 6.92 Å². The molecule has 0 bridgehead atoms. The van der Waals surface area contributed by atoms with Crippen molar-refractivity contribution in [1.82, 2.24) is 10.2 Å². The maximum atomic E-state index is 14.0. The number of aryl methyl sites for hydroxylation is 1. The SMILES string of the molecule is CNC(=O)[C@@H](Cc1ccccc1)N(Cc1cccc(C)c1)C(=O)CN(c1cc(OC)ccc1OC)S(C)(=O)=O. The molecule has 3 aromatic rings. The predicted molar refractivity (Wildman–Crippen MR) is 151 cm³/mol. The van der Waals surface area contributed by atoms with E-state index in [1.54, 1.807) is 12.1 Å². The lowest BCUT2D eigenvalue weighted by molar-refractivity contribution is -0.139. The van der Waals surface area contributed by atoms with E-state index in [1.807, 2.05) is 61.5 Å². The third-order valence-electron chi connectivity index (χ3n) is 6.29. The van der Waals surface area contributed by atoms with Crippen molar-refractivity contribution in [1.29, 1.82) is 0 Å². The van der Waals surface area contributed by atoms with E-state index in [2.05, 4.69) is 5.32 Å². The molecule has 0 spiro atoms. The highest BCUT2D eigenvalue weighted by Gasteiger charge is 2.33. The summed E-state index contributed by atoms with van der Waals surface area (Å²) in [6.45, 7) is 1.51. The monoisotopic (exact) mass is 553 g/mol. The number of ether oxygens (including phenoxy) is 2. The van der Waals surface area contributed by atoms with Crippen LogP contribution < -0.4 is 19.1 Å². The first kappa shape index (κ1) is 29.5. The van der Waals surface area contributed by atoms with Crippen molar-refractivity contribution < 1.29 is 27.5 Å². The summed E-state index contributed by atoms with van der Waals surface area (Å²) in [5, 5.41) is 2.67. The van der Waals surface area contributed by atoms with Crippen LogP contribution in [-0.2, 0) is 32.6 Å². The Balaban J connectivity index is 2.08. The van der Waals surface area contributed by atoms with Gasteiger partial charge in [0.15, 0.2) is 0 Å². The maximum absolute atomic E-state index is 14.0. The number of anilines is 1. The lowest BCUT2D eigenvalue weighted by atomic mass is 10.0. The third-order valence-corrected chi connectivity index (χ3v) is 7.41. The predicted octanol–water partition coefficient (Wildman–Crippen LogP) is 3.16. The number of nitrogens with one attached hydrogen (secondary N) is 1. The molecular weight excluding hydrogens is 518 g/mol. The number of amides is 2. The summed E-state index contributed by atoms with van der Waals surface area (Å²) in [5.74, 6) is -0.247. The lowest BCUT2D eigenvalue weighted by Gasteiger charge is -2.33. The molecule has 0 saturated carbocycles. The number of hydrogen-bond acceptors (Lipinski definition) is 6. The van der Waals surface area contributed by atoms with E-state index in [0.717, 1.165) is 27.3 Å². The number of rotatable bonds is 12. The molecule has 0 aromatic heterocycles. The van der Waals surface area contributed by atoms with Gasteiger partial charge in [-0.1, -0.05) is 60.2 Å². The zero-order valence-corrected chi connectivity index (χ0v) is 23.7. The second kappa shape index (κ2) is 13.1. The van der Waals surface area contributed by atoms with Gasteiger partial charge in [0.1, 0.15) is 24.1 Å². The van der Waals surface area contributed by atoms with Gasteiger partial charge >= 0.3 is 0 Å². The van der Waals surface area contributed by atoms with E-state index in [0.29, 0.717) is 5.75 Å². The van der Waals surface area contributed by atoms with Gasteiger partial charge in [0.2, 0.25) is 21.8 Å². The van der Waals surface area contributed by atoms with E-state index in [4.69, 9.17) is 9.47 Å². The standard InChI is InChI=1S/C29H35N3O6S/c1-21-10-9-13-23(16-21)19-31(26(29(34)30-2)17-22-11-7-6-8-12-22)28(33)20-32(39(5,35)36)25-18-24(37-3)14-15-27(25)38-4/h6-16,18,26H,17,19-20H2,1-5H3,(H,30,34)/t26-/m1/s1. The quantitative estimate of drug-likeness (QED) is 0.370. The Kier molecular flexibility index (Phi) is 9.95.